The highest BCUT2D eigenvalue weighted by atomic mass is 32.2. The van der Waals surface area contributed by atoms with Crippen molar-refractivity contribution in [2.24, 2.45) is 0 Å². The molecule has 31 heavy (non-hydrogen) atoms. The fraction of sp³-hybridized carbons (Fsp3) is 0.375. The Labute approximate surface area is 186 Å². The Morgan fingerprint density at radius 1 is 1.10 bits per heavy atom. The standard InChI is InChI=1S/C24H28N2O4S/c1-16(2)30-15-7-14-26-23(28)20-8-5-6-9-21(20)25-24(26)31-17(3)22(27)18-10-12-19(29-4)13-11-18/h5-6,8-13,16-17H,7,14-15H2,1-4H3. The molecule has 7 heteroatoms. The quantitative estimate of drug-likeness (QED) is 0.199. The Kier molecular flexibility index (Phi) is 7.87. The van der Waals surface area contributed by atoms with Gasteiger partial charge in [-0.15, -0.1) is 0 Å². The number of thioether (sulfide) groups is 1. The number of hydrogen-bond donors (Lipinski definition) is 0. The van der Waals surface area contributed by atoms with E-state index in [4.69, 9.17) is 14.5 Å². The van der Waals surface area contributed by atoms with Gasteiger partial charge in [0.2, 0.25) is 0 Å². The molecular weight excluding hydrogens is 412 g/mol. The topological polar surface area (TPSA) is 70.4 Å². The zero-order chi connectivity index (χ0) is 22.4. The minimum Gasteiger partial charge on any atom is -0.497 e. The third-order valence-corrected chi connectivity index (χ3v) is 5.92. The maximum absolute atomic E-state index is 13.1. The van der Waals surface area contributed by atoms with Crippen molar-refractivity contribution < 1.29 is 14.3 Å². The molecule has 0 amide bonds. The fourth-order valence-electron chi connectivity index (χ4n) is 3.18. The third-order valence-electron chi connectivity index (χ3n) is 4.83. The molecule has 0 N–H and O–H groups in total. The first-order valence-corrected chi connectivity index (χ1v) is 11.2. The number of fused-ring (bicyclic) bond motifs is 1. The lowest BCUT2D eigenvalue weighted by Gasteiger charge is -2.16. The molecule has 0 aliphatic heterocycles. The summed E-state index contributed by atoms with van der Waals surface area (Å²) < 4.78 is 12.4. The van der Waals surface area contributed by atoms with Gasteiger partial charge in [0.25, 0.3) is 5.56 Å². The summed E-state index contributed by atoms with van der Waals surface area (Å²) in [6, 6.07) is 14.3. The van der Waals surface area contributed by atoms with Crippen LogP contribution in [-0.2, 0) is 11.3 Å². The first-order valence-electron chi connectivity index (χ1n) is 10.4. The molecule has 0 saturated heterocycles. The summed E-state index contributed by atoms with van der Waals surface area (Å²) in [6.07, 6.45) is 0.828. The highest BCUT2D eigenvalue weighted by Gasteiger charge is 2.20. The minimum absolute atomic E-state index is 0.0234. The average Bonchev–Trinajstić information content (AvgIpc) is 2.77. The summed E-state index contributed by atoms with van der Waals surface area (Å²) in [5.74, 6) is 0.676. The second-order valence-electron chi connectivity index (χ2n) is 7.49. The SMILES string of the molecule is COc1ccc(C(=O)C(C)Sc2nc3ccccc3c(=O)n2CCCOC(C)C)cc1. The molecule has 0 saturated carbocycles. The van der Waals surface area contributed by atoms with Gasteiger partial charge in [0.1, 0.15) is 5.75 Å². The molecule has 2 aromatic carbocycles. The van der Waals surface area contributed by atoms with Gasteiger partial charge in [0.15, 0.2) is 10.9 Å². The highest BCUT2D eigenvalue weighted by Crippen LogP contribution is 2.26. The maximum atomic E-state index is 13.1. The van der Waals surface area contributed by atoms with Crippen molar-refractivity contribution in [3.05, 3.63) is 64.4 Å². The predicted molar refractivity (Wildman–Crippen MR) is 124 cm³/mol. The molecule has 1 heterocycles. The number of ether oxygens (including phenoxy) is 2. The molecular formula is C24H28N2O4S. The van der Waals surface area contributed by atoms with Gasteiger partial charge in [0, 0.05) is 18.7 Å². The van der Waals surface area contributed by atoms with Crippen molar-refractivity contribution in [2.45, 2.75) is 50.2 Å². The number of carbonyl (C=O) groups excluding carboxylic acids is 1. The molecule has 3 aromatic rings. The van der Waals surface area contributed by atoms with Crippen LogP contribution in [0.1, 0.15) is 37.6 Å². The molecule has 0 fully saturated rings. The van der Waals surface area contributed by atoms with Gasteiger partial charge in [0.05, 0.1) is 29.4 Å². The van der Waals surface area contributed by atoms with Crippen LogP contribution in [0.25, 0.3) is 10.9 Å². The van der Waals surface area contributed by atoms with E-state index in [0.717, 1.165) is 0 Å². The van der Waals surface area contributed by atoms with E-state index in [1.807, 2.05) is 39.0 Å². The normalized spacial score (nSPS) is 12.3. The van der Waals surface area contributed by atoms with E-state index in [2.05, 4.69) is 0 Å². The number of carbonyl (C=O) groups is 1. The van der Waals surface area contributed by atoms with Crippen molar-refractivity contribution in [2.75, 3.05) is 13.7 Å². The van der Waals surface area contributed by atoms with Crippen molar-refractivity contribution >= 4 is 28.4 Å². The summed E-state index contributed by atoms with van der Waals surface area (Å²) in [4.78, 5) is 30.8. The molecule has 0 aliphatic carbocycles. The van der Waals surface area contributed by atoms with Gasteiger partial charge in [-0.3, -0.25) is 14.2 Å². The molecule has 1 atom stereocenters. The molecule has 1 aromatic heterocycles. The van der Waals surface area contributed by atoms with E-state index in [-0.39, 0.29) is 17.4 Å². The Balaban J connectivity index is 1.86. The summed E-state index contributed by atoms with van der Waals surface area (Å²) in [5.41, 5.74) is 1.14. The largest absolute Gasteiger partial charge is 0.497 e. The van der Waals surface area contributed by atoms with Crippen molar-refractivity contribution in [3.63, 3.8) is 0 Å². The summed E-state index contributed by atoms with van der Waals surface area (Å²) >= 11 is 1.31. The van der Waals surface area contributed by atoms with Crippen molar-refractivity contribution in [3.8, 4) is 5.75 Å². The van der Waals surface area contributed by atoms with Gasteiger partial charge in [-0.25, -0.2) is 4.98 Å². The van der Waals surface area contributed by atoms with Gasteiger partial charge in [-0.2, -0.15) is 0 Å². The van der Waals surface area contributed by atoms with Crippen LogP contribution in [0.5, 0.6) is 5.75 Å². The molecule has 6 nitrogen and oxygen atoms in total. The average molecular weight is 441 g/mol. The molecule has 0 bridgehead atoms. The minimum atomic E-state index is -0.403. The molecule has 164 valence electrons. The van der Waals surface area contributed by atoms with Gasteiger partial charge in [-0.1, -0.05) is 23.9 Å². The van der Waals surface area contributed by atoms with Crippen molar-refractivity contribution in [1.29, 1.82) is 0 Å². The van der Waals surface area contributed by atoms with E-state index in [1.54, 1.807) is 42.0 Å². The second kappa shape index (κ2) is 10.6. The van der Waals surface area contributed by atoms with E-state index in [1.165, 1.54) is 11.8 Å². The Hall–Kier alpha value is -2.64. The molecule has 0 aliphatic rings. The van der Waals surface area contributed by atoms with Crippen LogP contribution < -0.4 is 10.3 Å². The van der Waals surface area contributed by atoms with Crippen LogP contribution in [0.3, 0.4) is 0 Å². The lowest BCUT2D eigenvalue weighted by molar-refractivity contribution is 0.0743. The third kappa shape index (κ3) is 5.74. The Morgan fingerprint density at radius 2 is 1.81 bits per heavy atom. The second-order valence-corrected chi connectivity index (χ2v) is 8.80. The van der Waals surface area contributed by atoms with Crippen LogP contribution in [0, 0.1) is 0 Å². The van der Waals surface area contributed by atoms with Crippen LogP contribution >= 0.6 is 11.8 Å². The first kappa shape index (κ1) is 23.0. The zero-order valence-electron chi connectivity index (χ0n) is 18.3. The van der Waals surface area contributed by atoms with E-state index < -0.39 is 5.25 Å². The monoisotopic (exact) mass is 440 g/mol. The van der Waals surface area contributed by atoms with E-state index in [0.29, 0.717) is 46.9 Å². The molecule has 3 rings (SSSR count). The summed E-state index contributed by atoms with van der Waals surface area (Å²) in [7, 11) is 1.59. The van der Waals surface area contributed by atoms with Crippen LogP contribution in [0.15, 0.2) is 58.5 Å². The number of rotatable bonds is 10. The number of methoxy groups -OCH3 is 1. The number of para-hydroxylation sites is 1. The van der Waals surface area contributed by atoms with E-state index in [9.17, 15) is 9.59 Å². The number of nitrogens with zero attached hydrogens (tertiary/aromatic N) is 2. The smallest absolute Gasteiger partial charge is 0.262 e. The Morgan fingerprint density at radius 3 is 2.48 bits per heavy atom. The molecule has 1 unspecified atom stereocenters. The predicted octanol–water partition coefficient (Wildman–Crippen LogP) is 4.58. The number of ketones is 1. The van der Waals surface area contributed by atoms with Gasteiger partial charge >= 0.3 is 0 Å². The van der Waals surface area contributed by atoms with Crippen molar-refractivity contribution in [1.82, 2.24) is 9.55 Å². The number of aromatic nitrogens is 2. The van der Waals surface area contributed by atoms with E-state index >= 15 is 0 Å². The summed E-state index contributed by atoms with van der Waals surface area (Å²) in [6.45, 7) is 6.84. The van der Waals surface area contributed by atoms with Crippen LogP contribution in [0.4, 0.5) is 0 Å². The van der Waals surface area contributed by atoms with Gasteiger partial charge < -0.3 is 9.47 Å². The number of Topliss-reactive ketones (excluding diaryl/α,β-unsaturated/α-hetero) is 1. The van der Waals surface area contributed by atoms with Crippen LogP contribution in [0.2, 0.25) is 0 Å². The lowest BCUT2D eigenvalue weighted by atomic mass is 10.1. The number of benzene rings is 2. The molecule has 0 radical (unpaired) electrons. The Bertz CT molecular complexity index is 1090. The molecule has 0 spiro atoms. The first-order chi connectivity index (χ1) is 14.9. The maximum Gasteiger partial charge on any atom is 0.262 e. The zero-order valence-corrected chi connectivity index (χ0v) is 19.1. The van der Waals surface area contributed by atoms with Crippen LogP contribution in [-0.4, -0.2) is 40.4 Å². The lowest BCUT2D eigenvalue weighted by Crippen LogP contribution is -2.26. The highest BCUT2D eigenvalue weighted by molar-refractivity contribution is 8.00. The van der Waals surface area contributed by atoms with Gasteiger partial charge in [-0.05, 0) is 63.6 Å². The number of hydrogen-bond acceptors (Lipinski definition) is 6. The fourth-order valence-corrected chi connectivity index (χ4v) is 4.19. The summed E-state index contributed by atoms with van der Waals surface area (Å²) in [5, 5.41) is 0.716.